The Labute approximate surface area is 75.0 Å². The first kappa shape index (κ1) is 7.17. The lowest BCUT2D eigenvalue weighted by Gasteiger charge is -2.33. The Balaban J connectivity index is 1.81. The maximum atomic E-state index is 2.41. The molecule has 0 spiro atoms. The molecule has 0 aromatic heterocycles. The summed E-state index contributed by atoms with van der Waals surface area (Å²) in [6.07, 6.45) is 15.4. The lowest BCUT2D eigenvalue weighted by atomic mass is 9.72. The third-order valence-electron chi connectivity index (χ3n) is 4.67. The number of fused-ring (bicyclic) bond motifs is 2. The van der Waals surface area contributed by atoms with Crippen LogP contribution in [0.25, 0.3) is 0 Å². The highest BCUT2D eigenvalue weighted by molar-refractivity contribution is 5.06. The molecule has 66 valence electrons. The summed E-state index contributed by atoms with van der Waals surface area (Å²) in [5, 5.41) is 0. The molecule has 2 saturated carbocycles. The van der Waals surface area contributed by atoms with Crippen LogP contribution in [-0.4, -0.2) is 0 Å². The molecule has 3 aliphatic rings. The molecule has 3 rings (SSSR count). The van der Waals surface area contributed by atoms with Gasteiger partial charge in [0.15, 0.2) is 0 Å². The Hall–Kier alpha value is -0.260. The van der Waals surface area contributed by atoms with Gasteiger partial charge < -0.3 is 0 Å². The summed E-state index contributed by atoms with van der Waals surface area (Å²) in [5.41, 5.74) is 0.828. The van der Waals surface area contributed by atoms with E-state index in [1.54, 1.807) is 32.1 Å². The number of hydrogen-bond donors (Lipinski definition) is 0. The SMILES string of the molecule is C1=CCC(C23CCC(CC2)C3)C1. The van der Waals surface area contributed by atoms with Crippen LogP contribution < -0.4 is 0 Å². The van der Waals surface area contributed by atoms with Gasteiger partial charge in [-0.05, 0) is 62.2 Å². The Morgan fingerprint density at radius 1 is 1.00 bits per heavy atom. The van der Waals surface area contributed by atoms with Gasteiger partial charge in [-0.25, -0.2) is 0 Å². The van der Waals surface area contributed by atoms with E-state index in [9.17, 15) is 0 Å². The Morgan fingerprint density at radius 3 is 2.17 bits per heavy atom. The Kier molecular flexibility index (Phi) is 1.42. The molecule has 0 nitrogen and oxygen atoms in total. The molecule has 0 heteroatoms. The van der Waals surface area contributed by atoms with Crippen LogP contribution in [0.3, 0.4) is 0 Å². The number of allylic oxidation sites excluding steroid dienone is 2. The average molecular weight is 162 g/mol. The maximum Gasteiger partial charge on any atom is -0.0260 e. The largest absolute Gasteiger partial charge is 0.0882 e. The van der Waals surface area contributed by atoms with Crippen molar-refractivity contribution in [3.05, 3.63) is 12.2 Å². The van der Waals surface area contributed by atoms with E-state index >= 15 is 0 Å². The van der Waals surface area contributed by atoms with Crippen LogP contribution in [0.2, 0.25) is 0 Å². The van der Waals surface area contributed by atoms with Crippen molar-refractivity contribution in [2.75, 3.05) is 0 Å². The molecule has 0 atom stereocenters. The summed E-state index contributed by atoms with van der Waals surface area (Å²) in [6.45, 7) is 0. The highest BCUT2D eigenvalue weighted by atomic mass is 14.5. The molecule has 0 aliphatic heterocycles. The lowest BCUT2D eigenvalue weighted by molar-refractivity contribution is 0.177. The fraction of sp³-hybridized carbons (Fsp3) is 0.833. The fourth-order valence-corrected chi connectivity index (χ4v) is 3.93. The number of rotatable bonds is 1. The second kappa shape index (κ2) is 2.37. The van der Waals surface area contributed by atoms with Crippen LogP contribution in [0.4, 0.5) is 0 Å². The van der Waals surface area contributed by atoms with E-state index < -0.39 is 0 Å². The second-order valence-corrected chi connectivity index (χ2v) is 5.15. The smallest absolute Gasteiger partial charge is 0.0260 e. The van der Waals surface area contributed by atoms with Gasteiger partial charge in [-0.2, -0.15) is 0 Å². The lowest BCUT2D eigenvalue weighted by Crippen LogP contribution is -2.23. The van der Waals surface area contributed by atoms with Gasteiger partial charge in [0.05, 0.1) is 0 Å². The minimum absolute atomic E-state index is 0.828. The van der Waals surface area contributed by atoms with Crippen molar-refractivity contribution in [2.24, 2.45) is 17.3 Å². The molecule has 0 aromatic carbocycles. The van der Waals surface area contributed by atoms with Crippen molar-refractivity contribution in [3.63, 3.8) is 0 Å². The predicted octanol–water partition coefficient (Wildman–Crippen LogP) is 3.53. The molecule has 0 aromatic rings. The second-order valence-electron chi connectivity index (χ2n) is 5.15. The van der Waals surface area contributed by atoms with Crippen LogP contribution in [0.15, 0.2) is 12.2 Å². The van der Waals surface area contributed by atoms with Gasteiger partial charge >= 0.3 is 0 Å². The van der Waals surface area contributed by atoms with E-state index in [2.05, 4.69) is 12.2 Å². The highest BCUT2D eigenvalue weighted by Crippen LogP contribution is 2.60. The van der Waals surface area contributed by atoms with Crippen molar-refractivity contribution in [2.45, 2.75) is 44.9 Å². The minimum atomic E-state index is 0.828. The first-order chi connectivity index (χ1) is 5.89. The van der Waals surface area contributed by atoms with Crippen LogP contribution in [0.5, 0.6) is 0 Å². The zero-order valence-corrected chi connectivity index (χ0v) is 7.76. The van der Waals surface area contributed by atoms with Crippen LogP contribution in [0.1, 0.15) is 44.9 Å². The molecule has 12 heavy (non-hydrogen) atoms. The van der Waals surface area contributed by atoms with Gasteiger partial charge in [-0.3, -0.25) is 0 Å². The fourth-order valence-electron chi connectivity index (χ4n) is 3.93. The summed E-state index contributed by atoms with van der Waals surface area (Å²) in [4.78, 5) is 0. The molecule has 0 N–H and O–H groups in total. The Bertz CT molecular complexity index is 198. The third-order valence-corrected chi connectivity index (χ3v) is 4.67. The molecule has 0 unspecified atom stereocenters. The van der Waals surface area contributed by atoms with Crippen LogP contribution >= 0.6 is 0 Å². The van der Waals surface area contributed by atoms with E-state index in [-0.39, 0.29) is 0 Å². The van der Waals surface area contributed by atoms with E-state index in [0.717, 1.165) is 17.3 Å². The van der Waals surface area contributed by atoms with E-state index in [0.29, 0.717) is 0 Å². The van der Waals surface area contributed by atoms with Crippen LogP contribution in [-0.2, 0) is 0 Å². The van der Waals surface area contributed by atoms with Gasteiger partial charge in [0.25, 0.3) is 0 Å². The normalized spacial score (nSPS) is 46.2. The Morgan fingerprint density at radius 2 is 1.67 bits per heavy atom. The van der Waals surface area contributed by atoms with Crippen LogP contribution in [0, 0.1) is 17.3 Å². The predicted molar refractivity (Wildman–Crippen MR) is 50.9 cm³/mol. The average Bonchev–Trinajstić information content (AvgIpc) is 2.82. The zero-order valence-electron chi connectivity index (χ0n) is 7.76. The molecule has 2 bridgehead atoms. The molecular weight excluding hydrogens is 144 g/mol. The molecule has 0 amide bonds. The summed E-state index contributed by atoms with van der Waals surface area (Å²) in [5.74, 6) is 2.18. The van der Waals surface area contributed by atoms with Crippen molar-refractivity contribution in [1.82, 2.24) is 0 Å². The zero-order chi connectivity index (χ0) is 8.02. The van der Waals surface area contributed by atoms with E-state index in [1.165, 1.54) is 12.8 Å². The summed E-state index contributed by atoms with van der Waals surface area (Å²) in [6, 6.07) is 0. The topological polar surface area (TPSA) is 0 Å². The van der Waals surface area contributed by atoms with Gasteiger partial charge in [-0.1, -0.05) is 12.2 Å². The molecule has 2 fully saturated rings. The first-order valence-electron chi connectivity index (χ1n) is 5.54. The molecule has 3 aliphatic carbocycles. The quantitative estimate of drug-likeness (QED) is 0.517. The molecular formula is C12H18. The first-order valence-corrected chi connectivity index (χ1v) is 5.54. The van der Waals surface area contributed by atoms with Gasteiger partial charge in [-0.15, -0.1) is 0 Å². The summed E-state index contributed by atoms with van der Waals surface area (Å²) in [7, 11) is 0. The van der Waals surface area contributed by atoms with Gasteiger partial charge in [0.2, 0.25) is 0 Å². The van der Waals surface area contributed by atoms with Crippen molar-refractivity contribution < 1.29 is 0 Å². The summed E-state index contributed by atoms with van der Waals surface area (Å²) < 4.78 is 0. The minimum Gasteiger partial charge on any atom is -0.0882 e. The number of hydrogen-bond acceptors (Lipinski definition) is 0. The molecule has 0 heterocycles. The molecule has 0 radical (unpaired) electrons. The van der Waals surface area contributed by atoms with Crippen molar-refractivity contribution in [3.8, 4) is 0 Å². The van der Waals surface area contributed by atoms with Gasteiger partial charge in [0.1, 0.15) is 0 Å². The van der Waals surface area contributed by atoms with Crippen molar-refractivity contribution in [1.29, 1.82) is 0 Å². The third kappa shape index (κ3) is 0.841. The standard InChI is InChI=1S/C12H18/c1-2-4-11(3-1)12-7-5-10(9-12)6-8-12/h1-2,10-11H,3-9H2. The van der Waals surface area contributed by atoms with Gasteiger partial charge in [0, 0.05) is 0 Å². The molecule has 0 saturated heterocycles. The highest BCUT2D eigenvalue weighted by Gasteiger charge is 2.48. The van der Waals surface area contributed by atoms with E-state index in [1.807, 2.05) is 0 Å². The summed E-state index contributed by atoms with van der Waals surface area (Å²) >= 11 is 0. The van der Waals surface area contributed by atoms with Crippen molar-refractivity contribution >= 4 is 0 Å². The monoisotopic (exact) mass is 162 g/mol. The maximum absolute atomic E-state index is 2.41. The van der Waals surface area contributed by atoms with E-state index in [4.69, 9.17) is 0 Å².